The van der Waals surface area contributed by atoms with Crippen molar-refractivity contribution < 1.29 is 19.1 Å². The summed E-state index contributed by atoms with van der Waals surface area (Å²) in [5, 5.41) is 2.90. The monoisotopic (exact) mass is 448 g/mol. The molecule has 4 rings (SSSR count). The quantitative estimate of drug-likeness (QED) is 0.673. The standard InChI is InChI=1S/C27H32N2O4/c1-18(20-10-4-3-5-11-20)28-25(30)19(2)33-27(32)23-14-8-7-13-22(23)26(31)29-17-16-21-12-6-9-15-24(21)29/h3-6,9-12,15,18-19,22-23H,7-8,13-14,16-17H2,1-2H3,(H,28,30). The minimum atomic E-state index is -0.922. The van der Waals surface area contributed by atoms with Gasteiger partial charge in [0.25, 0.3) is 5.91 Å². The van der Waals surface area contributed by atoms with Crippen LogP contribution in [-0.4, -0.2) is 30.4 Å². The van der Waals surface area contributed by atoms with Crippen LogP contribution in [-0.2, 0) is 25.5 Å². The van der Waals surface area contributed by atoms with Gasteiger partial charge < -0.3 is 15.0 Å². The first-order valence-electron chi connectivity index (χ1n) is 11.9. The minimum absolute atomic E-state index is 0.00333. The molecule has 1 fully saturated rings. The van der Waals surface area contributed by atoms with E-state index in [0.29, 0.717) is 19.4 Å². The number of fused-ring (bicyclic) bond motifs is 1. The molecule has 0 aromatic heterocycles. The largest absolute Gasteiger partial charge is 0.452 e. The highest BCUT2D eigenvalue weighted by molar-refractivity contribution is 5.99. The molecule has 1 N–H and O–H groups in total. The number of nitrogens with zero attached hydrogens (tertiary/aromatic N) is 1. The first-order valence-corrected chi connectivity index (χ1v) is 11.9. The number of ether oxygens (including phenoxy) is 1. The summed E-state index contributed by atoms with van der Waals surface area (Å²) in [5.41, 5.74) is 3.09. The lowest BCUT2D eigenvalue weighted by molar-refractivity contribution is -0.163. The molecule has 33 heavy (non-hydrogen) atoms. The highest BCUT2D eigenvalue weighted by Crippen LogP contribution is 2.36. The number of hydrogen-bond donors (Lipinski definition) is 1. The molecule has 174 valence electrons. The topological polar surface area (TPSA) is 75.7 Å². The van der Waals surface area contributed by atoms with Gasteiger partial charge in [-0.1, -0.05) is 61.4 Å². The molecule has 4 atom stereocenters. The van der Waals surface area contributed by atoms with Crippen LogP contribution >= 0.6 is 0 Å². The number of anilines is 1. The van der Waals surface area contributed by atoms with Crippen molar-refractivity contribution in [2.75, 3.05) is 11.4 Å². The van der Waals surface area contributed by atoms with Crippen LogP contribution in [0.3, 0.4) is 0 Å². The lowest BCUT2D eigenvalue weighted by atomic mass is 9.78. The van der Waals surface area contributed by atoms with E-state index in [1.54, 1.807) is 6.92 Å². The van der Waals surface area contributed by atoms with Crippen LogP contribution in [0.15, 0.2) is 54.6 Å². The number of carbonyl (C=O) groups excluding carboxylic acids is 3. The fraction of sp³-hybridized carbons (Fsp3) is 0.444. The van der Waals surface area contributed by atoms with Crippen molar-refractivity contribution in [2.24, 2.45) is 11.8 Å². The highest BCUT2D eigenvalue weighted by Gasteiger charge is 2.41. The van der Waals surface area contributed by atoms with Gasteiger partial charge in [-0.2, -0.15) is 0 Å². The summed E-state index contributed by atoms with van der Waals surface area (Å²) < 4.78 is 5.58. The molecule has 1 heterocycles. The normalized spacial score (nSPS) is 21.6. The fourth-order valence-corrected chi connectivity index (χ4v) is 4.95. The lowest BCUT2D eigenvalue weighted by Gasteiger charge is -2.32. The maximum atomic E-state index is 13.4. The molecular formula is C27H32N2O4. The molecule has 0 saturated heterocycles. The predicted octanol–water partition coefficient (Wildman–Crippen LogP) is 4.19. The minimum Gasteiger partial charge on any atom is -0.452 e. The van der Waals surface area contributed by atoms with E-state index in [9.17, 15) is 14.4 Å². The Balaban J connectivity index is 1.39. The van der Waals surface area contributed by atoms with Crippen LogP contribution in [0.25, 0.3) is 0 Å². The number of esters is 1. The Kier molecular flexibility index (Phi) is 7.11. The summed E-state index contributed by atoms with van der Waals surface area (Å²) in [6.45, 7) is 4.12. The second-order valence-corrected chi connectivity index (χ2v) is 9.09. The lowest BCUT2D eigenvalue weighted by Crippen LogP contribution is -2.44. The molecule has 2 amide bonds. The van der Waals surface area contributed by atoms with E-state index in [0.717, 1.165) is 30.5 Å². The molecule has 1 aliphatic carbocycles. The van der Waals surface area contributed by atoms with Crippen LogP contribution in [0.4, 0.5) is 5.69 Å². The van der Waals surface area contributed by atoms with Gasteiger partial charge in [-0.25, -0.2) is 0 Å². The molecule has 2 aliphatic rings. The summed E-state index contributed by atoms with van der Waals surface area (Å²) in [4.78, 5) is 41.0. The van der Waals surface area contributed by atoms with Crippen molar-refractivity contribution in [3.63, 3.8) is 0 Å². The number of nitrogens with one attached hydrogen (secondary N) is 1. The van der Waals surface area contributed by atoms with Gasteiger partial charge in [0.1, 0.15) is 0 Å². The molecule has 6 nitrogen and oxygen atoms in total. The highest BCUT2D eigenvalue weighted by atomic mass is 16.5. The number of rotatable bonds is 6. The molecule has 0 radical (unpaired) electrons. The Morgan fingerprint density at radius 2 is 1.61 bits per heavy atom. The van der Waals surface area contributed by atoms with Gasteiger partial charge in [0.2, 0.25) is 5.91 Å². The number of benzene rings is 2. The molecule has 4 unspecified atom stereocenters. The zero-order valence-corrected chi connectivity index (χ0v) is 19.3. The Morgan fingerprint density at radius 3 is 2.36 bits per heavy atom. The number of carbonyl (C=O) groups is 3. The SMILES string of the molecule is CC(OC(=O)C1CCCCC1C(=O)N1CCc2ccccc21)C(=O)NC(C)c1ccccc1. The van der Waals surface area contributed by atoms with Gasteiger partial charge >= 0.3 is 5.97 Å². The van der Waals surface area contributed by atoms with Gasteiger partial charge in [0.05, 0.1) is 17.9 Å². The summed E-state index contributed by atoms with van der Waals surface area (Å²) in [6.07, 6.45) is 2.99. The Bertz CT molecular complexity index is 1010. The molecular weight excluding hydrogens is 416 g/mol. The van der Waals surface area contributed by atoms with Crippen LogP contribution in [0.1, 0.15) is 56.7 Å². The van der Waals surface area contributed by atoms with Crippen molar-refractivity contribution in [3.05, 3.63) is 65.7 Å². The summed E-state index contributed by atoms with van der Waals surface area (Å²) >= 11 is 0. The van der Waals surface area contributed by atoms with Crippen molar-refractivity contribution in [1.82, 2.24) is 5.32 Å². The molecule has 2 aromatic carbocycles. The van der Waals surface area contributed by atoms with E-state index < -0.39 is 23.9 Å². The molecule has 1 aliphatic heterocycles. The van der Waals surface area contributed by atoms with Gasteiger partial charge in [-0.15, -0.1) is 0 Å². The predicted molar refractivity (Wildman–Crippen MR) is 127 cm³/mol. The fourth-order valence-electron chi connectivity index (χ4n) is 4.95. The van der Waals surface area contributed by atoms with Crippen LogP contribution < -0.4 is 10.2 Å². The average molecular weight is 449 g/mol. The van der Waals surface area contributed by atoms with E-state index in [1.165, 1.54) is 5.56 Å². The van der Waals surface area contributed by atoms with E-state index in [1.807, 2.05) is 66.4 Å². The third-order valence-electron chi connectivity index (χ3n) is 6.86. The van der Waals surface area contributed by atoms with Crippen LogP contribution in [0, 0.1) is 11.8 Å². The van der Waals surface area contributed by atoms with E-state index in [2.05, 4.69) is 5.32 Å². The van der Waals surface area contributed by atoms with Gasteiger partial charge in [-0.3, -0.25) is 14.4 Å². The molecule has 6 heteroatoms. The molecule has 0 spiro atoms. The number of amides is 2. The zero-order valence-electron chi connectivity index (χ0n) is 19.3. The van der Waals surface area contributed by atoms with Gasteiger partial charge in [0.15, 0.2) is 6.10 Å². The van der Waals surface area contributed by atoms with Gasteiger partial charge in [-0.05, 0) is 50.3 Å². The molecule has 2 aromatic rings. The third-order valence-corrected chi connectivity index (χ3v) is 6.86. The molecule has 0 bridgehead atoms. The third kappa shape index (κ3) is 5.10. The second kappa shape index (κ2) is 10.2. The maximum Gasteiger partial charge on any atom is 0.310 e. The van der Waals surface area contributed by atoms with E-state index in [-0.39, 0.29) is 17.9 Å². The summed E-state index contributed by atoms with van der Waals surface area (Å²) in [5.74, 6) is -1.71. The van der Waals surface area contributed by atoms with Crippen molar-refractivity contribution >= 4 is 23.5 Å². The summed E-state index contributed by atoms with van der Waals surface area (Å²) in [6, 6.07) is 17.4. The van der Waals surface area contributed by atoms with Crippen LogP contribution in [0.2, 0.25) is 0 Å². The van der Waals surface area contributed by atoms with Crippen LogP contribution in [0.5, 0.6) is 0 Å². The second-order valence-electron chi connectivity index (χ2n) is 9.09. The van der Waals surface area contributed by atoms with E-state index in [4.69, 9.17) is 4.74 Å². The number of hydrogen-bond acceptors (Lipinski definition) is 4. The maximum absolute atomic E-state index is 13.4. The van der Waals surface area contributed by atoms with Crippen molar-refractivity contribution in [2.45, 2.75) is 58.1 Å². The zero-order chi connectivity index (χ0) is 23.4. The van der Waals surface area contributed by atoms with Gasteiger partial charge in [0, 0.05) is 12.2 Å². The Labute approximate surface area is 195 Å². The number of para-hydroxylation sites is 1. The summed E-state index contributed by atoms with van der Waals surface area (Å²) in [7, 11) is 0. The average Bonchev–Trinajstić information content (AvgIpc) is 3.28. The Hall–Kier alpha value is -3.15. The first kappa shape index (κ1) is 23.0. The van der Waals surface area contributed by atoms with E-state index >= 15 is 0 Å². The first-order chi connectivity index (χ1) is 16.0. The molecule has 1 saturated carbocycles. The Morgan fingerprint density at radius 1 is 0.939 bits per heavy atom. The van der Waals surface area contributed by atoms with Crippen molar-refractivity contribution in [3.8, 4) is 0 Å². The smallest absolute Gasteiger partial charge is 0.310 e. The van der Waals surface area contributed by atoms with Crippen molar-refractivity contribution in [1.29, 1.82) is 0 Å².